The number of hydrogen-bond donors (Lipinski definition) is 2. The van der Waals surface area contributed by atoms with Crippen molar-refractivity contribution in [2.24, 2.45) is 0 Å². The van der Waals surface area contributed by atoms with Gasteiger partial charge in [0, 0.05) is 37.2 Å². The zero-order valence-corrected chi connectivity index (χ0v) is 25.9. The second kappa shape index (κ2) is 14.4. The number of carbonyl (C=O) groups excluding carboxylic acids is 2. The van der Waals surface area contributed by atoms with E-state index in [1.54, 1.807) is 24.3 Å². The summed E-state index contributed by atoms with van der Waals surface area (Å²) >= 11 is 6.52. The number of furan rings is 1. The molecule has 2 amide bonds. The number of hydrogen-bond acceptors (Lipinski definition) is 5. The fraction of sp³-hybridized carbons (Fsp3) is 0.306. The third-order valence-electron chi connectivity index (χ3n) is 8.10. The summed E-state index contributed by atoms with van der Waals surface area (Å²) in [6.45, 7) is 6.24. The molecule has 226 valence electrons. The molecule has 8 heteroatoms. The van der Waals surface area contributed by atoms with Crippen LogP contribution in [0.4, 0.5) is 0 Å². The summed E-state index contributed by atoms with van der Waals surface area (Å²) < 4.78 is 6.13. The Bertz CT molecular complexity index is 1630. The van der Waals surface area contributed by atoms with Crippen molar-refractivity contribution in [1.29, 1.82) is 5.26 Å². The Hall–Kier alpha value is -4.38. The molecule has 0 bridgehead atoms. The first-order valence-electron chi connectivity index (χ1n) is 15.1. The summed E-state index contributed by atoms with van der Waals surface area (Å²) in [6, 6.07) is 26.6. The Morgan fingerprint density at radius 2 is 1.73 bits per heavy atom. The van der Waals surface area contributed by atoms with Gasteiger partial charge in [0.15, 0.2) is 0 Å². The Morgan fingerprint density at radius 3 is 2.43 bits per heavy atom. The highest BCUT2D eigenvalue weighted by atomic mass is 35.5. The molecule has 1 aliphatic heterocycles. The largest absolute Gasteiger partial charge is 0.460 e. The number of nitrogens with zero attached hydrogens (tertiary/aromatic N) is 2. The van der Waals surface area contributed by atoms with Gasteiger partial charge in [0.05, 0.1) is 28.8 Å². The van der Waals surface area contributed by atoms with E-state index in [-0.39, 0.29) is 24.3 Å². The van der Waals surface area contributed by atoms with Gasteiger partial charge in [-0.3, -0.25) is 9.59 Å². The number of nitriles is 1. The minimum atomic E-state index is -0.444. The number of halogens is 1. The van der Waals surface area contributed by atoms with Gasteiger partial charge < -0.3 is 20.0 Å². The van der Waals surface area contributed by atoms with Crippen molar-refractivity contribution in [3.8, 4) is 17.4 Å². The van der Waals surface area contributed by atoms with E-state index >= 15 is 0 Å². The van der Waals surface area contributed by atoms with Crippen LogP contribution in [0.2, 0.25) is 5.02 Å². The summed E-state index contributed by atoms with van der Waals surface area (Å²) in [7, 11) is 0. The lowest BCUT2D eigenvalue weighted by Gasteiger charge is -2.22. The first-order chi connectivity index (χ1) is 21.3. The third kappa shape index (κ3) is 7.96. The number of carbonyl (C=O) groups is 2. The van der Waals surface area contributed by atoms with Gasteiger partial charge >= 0.3 is 0 Å². The quantitative estimate of drug-likeness (QED) is 0.191. The van der Waals surface area contributed by atoms with Gasteiger partial charge in [-0.25, -0.2) is 0 Å². The molecular formula is C36H37ClN4O3. The lowest BCUT2D eigenvalue weighted by atomic mass is 10.0. The summed E-state index contributed by atoms with van der Waals surface area (Å²) in [4.78, 5) is 28.5. The molecule has 1 aromatic heterocycles. The van der Waals surface area contributed by atoms with E-state index in [2.05, 4.69) is 54.8 Å². The number of benzene rings is 3. The molecule has 0 radical (unpaired) electrons. The maximum atomic E-state index is 13.6. The first-order valence-corrected chi connectivity index (χ1v) is 15.4. The van der Waals surface area contributed by atoms with Gasteiger partial charge in [-0.2, -0.15) is 5.26 Å². The molecular weight excluding hydrogens is 572 g/mol. The van der Waals surface area contributed by atoms with Gasteiger partial charge in [0.2, 0.25) is 5.91 Å². The standard InChI is InChI=1S/C36H37ClN4O3/c1-24-5-11-28(12-6-24)25(2)39-23-31-14-16-34(44-31)29-13-15-33(37)32(20-29)36(43)40-30(21-35(42)41-17-3-4-18-41)19-26-7-9-27(22-38)10-8-26/h5-16,20,25,30,39H,3-4,17-19,21,23H2,1-2H3,(H,40,43)/t25-,30-/m1/s1. The first kappa shape index (κ1) is 31.1. The zero-order valence-electron chi connectivity index (χ0n) is 25.1. The normalized spacial score (nSPS) is 14.2. The zero-order chi connectivity index (χ0) is 31.1. The molecule has 5 rings (SSSR count). The van der Waals surface area contributed by atoms with Crippen molar-refractivity contribution in [2.45, 2.75) is 58.2 Å². The Kier molecular flexibility index (Phi) is 10.2. The van der Waals surface area contributed by atoms with Gasteiger partial charge in [0.25, 0.3) is 5.91 Å². The third-order valence-corrected chi connectivity index (χ3v) is 8.43. The molecule has 3 aromatic carbocycles. The summed E-state index contributed by atoms with van der Waals surface area (Å²) in [6.07, 6.45) is 2.62. The smallest absolute Gasteiger partial charge is 0.253 e. The Morgan fingerprint density at radius 1 is 1.00 bits per heavy atom. The van der Waals surface area contributed by atoms with Crippen molar-refractivity contribution in [1.82, 2.24) is 15.5 Å². The lowest BCUT2D eigenvalue weighted by molar-refractivity contribution is -0.130. The van der Waals surface area contributed by atoms with Crippen LogP contribution in [0, 0.1) is 18.3 Å². The predicted octanol–water partition coefficient (Wildman–Crippen LogP) is 6.98. The topological polar surface area (TPSA) is 98.4 Å². The maximum absolute atomic E-state index is 13.6. The molecule has 0 spiro atoms. The molecule has 0 unspecified atom stereocenters. The minimum Gasteiger partial charge on any atom is -0.460 e. The maximum Gasteiger partial charge on any atom is 0.253 e. The molecule has 4 aromatic rings. The molecule has 1 saturated heterocycles. The fourth-order valence-corrected chi connectivity index (χ4v) is 5.65. The van der Waals surface area contributed by atoms with Crippen molar-refractivity contribution in [2.75, 3.05) is 13.1 Å². The van der Waals surface area contributed by atoms with Crippen LogP contribution in [0.3, 0.4) is 0 Å². The van der Waals surface area contributed by atoms with Crippen LogP contribution < -0.4 is 10.6 Å². The molecule has 44 heavy (non-hydrogen) atoms. The van der Waals surface area contributed by atoms with Crippen molar-refractivity contribution in [3.63, 3.8) is 0 Å². The number of amides is 2. The molecule has 1 aliphatic rings. The Balaban J connectivity index is 1.28. The average Bonchev–Trinajstić information content (AvgIpc) is 3.74. The molecule has 0 aliphatic carbocycles. The van der Waals surface area contributed by atoms with Gasteiger partial charge in [-0.05, 0) is 86.7 Å². The average molecular weight is 609 g/mol. The van der Waals surface area contributed by atoms with E-state index in [1.165, 1.54) is 11.1 Å². The van der Waals surface area contributed by atoms with Gasteiger partial charge in [0.1, 0.15) is 11.5 Å². The van der Waals surface area contributed by atoms with E-state index in [0.717, 1.165) is 42.8 Å². The highest BCUT2D eigenvalue weighted by Crippen LogP contribution is 2.28. The fourth-order valence-electron chi connectivity index (χ4n) is 5.45. The van der Waals surface area contributed by atoms with Crippen LogP contribution >= 0.6 is 11.6 Å². The predicted molar refractivity (Wildman–Crippen MR) is 172 cm³/mol. The summed E-state index contributed by atoms with van der Waals surface area (Å²) in [5.74, 6) is 1.08. The van der Waals surface area contributed by atoms with Crippen molar-refractivity contribution < 1.29 is 14.0 Å². The SMILES string of the molecule is Cc1ccc([C@@H](C)NCc2ccc(-c3ccc(Cl)c(C(=O)N[C@@H](CC(=O)N4CCCC4)Cc4ccc(C#N)cc4)c3)o2)cc1. The Labute approximate surface area is 263 Å². The van der Waals surface area contributed by atoms with Crippen LogP contribution in [0.1, 0.15) is 70.6 Å². The number of nitrogens with one attached hydrogen (secondary N) is 2. The lowest BCUT2D eigenvalue weighted by Crippen LogP contribution is -2.41. The molecule has 2 heterocycles. The highest BCUT2D eigenvalue weighted by Gasteiger charge is 2.25. The minimum absolute atomic E-state index is 0.0229. The van der Waals surface area contributed by atoms with Crippen LogP contribution in [0.15, 0.2) is 83.3 Å². The van der Waals surface area contributed by atoms with Crippen LogP contribution in [0.5, 0.6) is 0 Å². The molecule has 0 saturated carbocycles. The molecule has 2 atom stereocenters. The molecule has 7 nitrogen and oxygen atoms in total. The second-order valence-electron chi connectivity index (χ2n) is 11.4. The van der Waals surface area contributed by atoms with Gasteiger partial charge in [-0.1, -0.05) is 53.6 Å². The molecule has 1 fully saturated rings. The van der Waals surface area contributed by atoms with E-state index in [4.69, 9.17) is 21.3 Å². The van der Waals surface area contributed by atoms with E-state index < -0.39 is 6.04 Å². The number of aryl methyl sites for hydroxylation is 1. The number of rotatable bonds is 11. The van der Waals surface area contributed by atoms with E-state index in [0.29, 0.717) is 34.9 Å². The van der Waals surface area contributed by atoms with Crippen LogP contribution in [-0.4, -0.2) is 35.8 Å². The van der Waals surface area contributed by atoms with Crippen molar-refractivity contribution >= 4 is 23.4 Å². The van der Waals surface area contributed by atoms with Crippen LogP contribution in [0.25, 0.3) is 11.3 Å². The summed E-state index contributed by atoms with van der Waals surface area (Å²) in [5.41, 5.74) is 4.96. The number of likely N-dealkylation sites (tertiary alicyclic amines) is 1. The van der Waals surface area contributed by atoms with E-state index in [9.17, 15) is 9.59 Å². The second-order valence-corrected chi connectivity index (χ2v) is 11.9. The van der Waals surface area contributed by atoms with Crippen molar-refractivity contribution in [3.05, 3.63) is 117 Å². The molecule has 2 N–H and O–H groups in total. The highest BCUT2D eigenvalue weighted by molar-refractivity contribution is 6.34. The van der Waals surface area contributed by atoms with Crippen LogP contribution in [-0.2, 0) is 17.8 Å². The monoisotopic (exact) mass is 608 g/mol. The summed E-state index contributed by atoms with van der Waals surface area (Å²) in [5, 5.41) is 16.0. The van der Waals surface area contributed by atoms with Gasteiger partial charge in [-0.15, -0.1) is 0 Å². The van der Waals surface area contributed by atoms with E-state index in [1.807, 2.05) is 35.2 Å².